The minimum Gasteiger partial charge on any atom is -0.472 e. The molecule has 0 aliphatic carbocycles. The first kappa shape index (κ1) is 20.3. The molecule has 0 bridgehead atoms. The van der Waals surface area contributed by atoms with Crippen LogP contribution in [0.15, 0.2) is 48.5 Å². The number of aromatic nitrogens is 6. The minimum absolute atomic E-state index is 0.539. The third kappa shape index (κ3) is 4.78. The van der Waals surface area contributed by atoms with E-state index in [9.17, 15) is 4.79 Å². The molecule has 0 aliphatic heterocycles. The molecule has 0 radical (unpaired) electrons. The fourth-order valence-corrected chi connectivity index (χ4v) is 3.63. The number of rotatable bonds is 8. The van der Waals surface area contributed by atoms with Crippen LogP contribution in [0.1, 0.15) is 32.1 Å². The van der Waals surface area contributed by atoms with Crippen molar-refractivity contribution in [1.29, 1.82) is 0 Å². The van der Waals surface area contributed by atoms with Gasteiger partial charge < -0.3 is 9.67 Å². The number of nitrogens with zero attached hydrogens (tertiary/aromatic N) is 5. The summed E-state index contributed by atoms with van der Waals surface area (Å²) in [5, 5.41) is 23.1. The number of H-pyrrole nitrogens is 1. The van der Waals surface area contributed by atoms with Crippen LogP contribution >= 0.6 is 0 Å². The molecule has 0 fully saturated rings. The monoisotopic (exact) mass is 414 g/mol. The first-order chi connectivity index (χ1) is 15.2. The number of carboxylic acids is 1. The molecule has 8 nitrogen and oxygen atoms in total. The molecule has 2 N–H and O–H groups in total. The first-order valence-corrected chi connectivity index (χ1v) is 10.2. The molecular weight excluding hydrogens is 392 g/mol. The van der Waals surface area contributed by atoms with Gasteiger partial charge in [0, 0.05) is 30.0 Å². The van der Waals surface area contributed by atoms with Crippen molar-refractivity contribution in [2.45, 2.75) is 38.6 Å². The third-order valence-corrected chi connectivity index (χ3v) is 5.04. The van der Waals surface area contributed by atoms with Crippen molar-refractivity contribution in [1.82, 2.24) is 30.2 Å². The smallest absolute Gasteiger partial charge is 0.381 e. The number of hydrogen-bond donors (Lipinski definition) is 2. The second-order valence-corrected chi connectivity index (χ2v) is 7.13. The lowest BCUT2D eigenvalue weighted by Gasteiger charge is -2.11. The van der Waals surface area contributed by atoms with E-state index in [1.54, 1.807) is 0 Å². The van der Waals surface area contributed by atoms with Crippen molar-refractivity contribution in [3.8, 4) is 34.6 Å². The van der Waals surface area contributed by atoms with Gasteiger partial charge in [0.1, 0.15) is 5.82 Å². The molecule has 0 spiro atoms. The van der Waals surface area contributed by atoms with Gasteiger partial charge in [-0.05, 0) is 30.2 Å². The fourth-order valence-electron chi connectivity index (χ4n) is 3.63. The van der Waals surface area contributed by atoms with Crippen molar-refractivity contribution in [2.24, 2.45) is 0 Å². The number of nitrogens with one attached hydrogen (secondary N) is 1. The third-order valence-electron chi connectivity index (χ3n) is 5.04. The molecular formula is C23H22N6O2. The Hall–Kier alpha value is -3.99. The second kappa shape index (κ2) is 9.67. The predicted molar refractivity (Wildman–Crippen MR) is 117 cm³/mol. The van der Waals surface area contributed by atoms with Crippen molar-refractivity contribution >= 4 is 17.0 Å². The van der Waals surface area contributed by atoms with Gasteiger partial charge in [-0.3, -0.25) is 0 Å². The van der Waals surface area contributed by atoms with Crippen molar-refractivity contribution < 1.29 is 9.90 Å². The molecule has 31 heavy (non-hydrogen) atoms. The van der Waals surface area contributed by atoms with Gasteiger partial charge in [-0.25, -0.2) is 9.78 Å². The van der Waals surface area contributed by atoms with Crippen molar-refractivity contribution in [3.63, 3.8) is 0 Å². The van der Waals surface area contributed by atoms with E-state index in [4.69, 9.17) is 10.1 Å². The maximum atomic E-state index is 10.4. The van der Waals surface area contributed by atoms with Crippen LogP contribution in [0.3, 0.4) is 0 Å². The zero-order chi connectivity index (χ0) is 21.5. The number of carbonyl (C=O) groups is 1. The van der Waals surface area contributed by atoms with Crippen LogP contribution in [-0.4, -0.2) is 41.3 Å². The molecule has 4 rings (SSSR count). The lowest BCUT2D eigenvalue weighted by atomic mass is 10.1. The van der Waals surface area contributed by atoms with Crippen LogP contribution in [0.2, 0.25) is 0 Å². The summed E-state index contributed by atoms with van der Waals surface area (Å²) >= 11 is 0. The van der Waals surface area contributed by atoms with Crippen LogP contribution in [0.5, 0.6) is 0 Å². The highest BCUT2D eigenvalue weighted by Crippen LogP contribution is 2.32. The van der Waals surface area contributed by atoms with Gasteiger partial charge in [0.15, 0.2) is 0 Å². The highest BCUT2D eigenvalue weighted by atomic mass is 16.4. The Bertz CT molecular complexity index is 1230. The molecule has 2 aromatic carbocycles. The molecule has 2 aromatic heterocycles. The van der Waals surface area contributed by atoms with Gasteiger partial charge in [0.05, 0.1) is 11.0 Å². The number of aromatic amines is 1. The maximum Gasteiger partial charge on any atom is 0.381 e. The van der Waals surface area contributed by atoms with Gasteiger partial charge in [0.2, 0.25) is 5.82 Å². The summed E-state index contributed by atoms with van der Waals surface area (Å²) in [5.41, 5.74) is 3.88. The van der Waals surface area contributed by atoms with Crippen molar-refractivity contribution in [2.75, 3.05) is 0 Å². The zero-order valence-corrected chi connectivity index (χ0v) is 17.0. The number of aryl methyl sites for hydroxylation is 1. The lowest BCUT2D eigenvalue weighted by molar-refractivity contribution is -0.130. The molecule has 4 aromatic rings. The zero-order valence-electron chi connectivity index (χ0n) is 17.0. The van der Waals surface area contributed by atoms with Gasteiger partial charge in [-0.2, -0.15) is 5.21 Å². The number of tetrazole rings is 1. The van der Waals surface area contributed by atoms with Crippen LogP contribution in [-0.2, 0) is 11.3 Å². The van der Waals surface area contributed by atoms with Crippen LogP contribution < -0.4 is 0 Å². The van der Waals surface area contributed by atoms with Crippen LogP contribution in [0.4, 0.5) is 0 Å². The minimum atomic E-state index is -1.07. The summed E-state index contributed by atoms with van der Waals surface area (Å²) in [6.07, 6.45) is 4.55. The molecule has 0 amide bonds. The van der Waals surface area contributed by atoms with E-state index in [0.717, 1.165) is 60.2 Å². The average molecular weight is 414 g/mol. The molecule has 8 heteroatoms. The SMILES string of the molecule is O=C(O)C#CCCCCCCn1c(-c2ccccc2-c2nn[nH]n2)nc2ccccc21. The number of carboxylic acid groups (broad SMARTS) is 1. The van der Waals surface area contributed by atoms with E-state index in [1.807, 2.05) is 42.5 Å². The van der Waals surface area contributed by atoms with E-state index < -0.39 is 5.97 Å². The number of para-hydroxylation sites is 2. The summed E-state index contributed by atoms with van der Waals surface area (Å²) in [6, 6.07) is 16.1. The Labute approximate surface area is 179 Å². The number of unbranched alkanes of at least 4 members (excludes halogenated alkanes) is 4. The Balaban J connectivity index is 1.54. The summed E-state index contributed by atoms with van der Waals surface area (Å²) in [4.78, 5) is 15.3. The van der Waals surface area contributed by atoms with Gasteiger partial charge in [0.25, 0.3) is 0 Å². The standard InChI is InChI=1S/C23H22N6O2/c30-21(31)15-5-3-1-2-4-10-16-29-20-14-9-8-13-19(20)24-23(29)18-12-7-6-11-17(18)22-25-27-28-26-22/h6-9,11-14H,1-4,10,16H2,(H,30,31)(H,25,26,27,28). The molecule has 2 heterocycles. The van der Waals surface area contributed by atoms with Crippen molar-refractivity contribution in [3.05, 3.63) is 48.5 Å². The first-order valence-electron chi connectivity index (χ1n) is 10.2. The van der Waals surface area contributed by atoms with Gasteiger partial charge in [-0.15, -0.1) is 10.2 Å². The quantitative estimate of drug-likeness (QED) is 0.334. The Morgan fingerprint density at radius 1 is 1.00 bits per heavy atom. The molecule has 0 unspecified atom stereocenters. The predicted octanol–water partition coefficient (Wildman–Crippen LogP) is 3.92. The number of fused-ring (bicyclic) bond motifs is 1. The molecule has 0 saturated carbocycles. The van der Waals surface area contributed by atoms with E-state index in [-0.39, 0.29) is 0 Å². The summed E-state index contributed by atoms with van der Waals surface area (Å²) in [7, 11) is 0. The molecule has 0 saturated heterocycles. The van der Waals surface area contributed by atoms with E-state index in [2.05, 4.69) is 43.1 Å². The number of aliphatic carboxylic acids is 1. The maximum absolute atomic E-state index is 10.4. The van der Waals surface area contributed by atoms with Gasteiger partial charge in [-0.1, -0.05) is 55.2 Å². The largest absolute Gasteiger partial charge is 0.472 e. The van der Waals surface area contributed by atoms with E-state index in [0.29, 0.717) is 12.2 Å². The molecule has 156 valence electrons. The normalized spacial score (nSPS) is 10.7. The second-order valence-electron chi connectivity index (χ2n) is 7.13. The molecule has 0 aliphatic rings. The summed E-state index contributed by atoms with van der Waals surface area (Å²) < 4.78 is 2.25. The Morgan fingerprint density at radius 2 is 1.77 bits per heavy atom. The van der Waals surface area contributed by atoms with Gasteiger partial charge >= 0.3 is 5.97 Å². The number of imidazole rings is 1. The summed E-state index contributed by atoms with van der Waals surface area (Å²) in [5.74, 6) is 5.19. The van der Waals surface area contributed by atoms with E-state index in [1.165, 1.54) is 0 Å². The Kier molecular flexibility index (Phi) is 6.33. The van der Waals surface area contributed by atoms with E-state index >= 15 is 0 Å². The average Bonchev–Trinajstić information content (AvgIpc) is 3.44. The molecule has 0 atom stereocenters. The van der Waals surface area contributed by atoms with Crippen LogP contribution in [0.25, 0.3) is 33.8 Å². The lowest BCUT2D eigenvalue weighted by Crippen LogP contribution is -2.02. The number of benzene rings is 2. The topological polar surface area (TPSA) is 110 Å². The highest BCUT2D eigenvalue weighted by Gasteiger charge is 2.17. The number of hydrogen-bond acceptors (Lipinski definition) is 5. The van der Waals surface area contributed by atoms with Crippen LogP contribution in [0, 0.1) is 11.8 Å². The fraction of sp³-hybridized carbons (Fsp3) is 0.261. The summed E-state index contributed by atoms with van der Waals surface area (Å²) in [6.45, 7) is 0.831. The highest BCUT2D eigenvalue weighted by molar-refractivity contribution is 5.86. The Morgan fingerprint density at radius 3 is 2.58 bits per heavy atom.